The number of aryl methyl sites for hydroxylation is 2. The highest BCUT2D eigenvalue weighted by atomic mass is 32.2. The van der Waals surface area contributed by atoms with E-state index in [9.17, 15) is 18.0 Å². The van der Waals surface area contributed by atoms with Gasteiger partial charge in [0.2, 0.25) is 5.95 Å². The summed E-state index contributed by atoms with van der Waals surface area (Å²) >= 11 is 0. The number of carbonyl (C=O) groups excluding carboxylic acids is 2. The summed E-state index contributed by atoms with van der Waals surface area (Å²) in [4.78, 5) is 33.5. The van der Waals surface area contributed by atoms with Crippen molar-refractivity contribution in [1.82, 2.24) is 14.7 Å². The zero-order valence-electron chi connectivity index (χ0n) is 15.7. The predicted octanol–water partition coefficient (Wildman–Crippen LogP) is 1.97. The molecule has 2 rings (SSSR count). The van der Waals surface area contributed by atoms with E-state index in [0.29, 0.717) is 11.4 Å². The van der Waals surface area contributed by atoms with Crippen molar-refractivity contribution in [3.63, 3.8) is 0 Å². The topological polar surface area (TPSA) is 119 Å². The molecule has 0 bridgehead atoms. The molecule has 28 heavy (non-hydrogen) atoms. The first-order chi connectivity index (χ1) is 13.2. The summed E-state index contributed by atoms with van der Waals surface area (Å²) in [6, 6.07) is 6.15. The lowest BCUT2D eigenvalue weighted by molar-refractivity contribution is 0.0596. The van der Waals surface area contributed by atoms with E-state index in [4.69, 9.17) is 0 Å². The van der Waals surface area contributed by atoms with Crippen molar-refractivity contribution in [1.29, 1.82) is 0 Å². The van der Waals surface area contributed by atoms with Gasteiger partial charge in [-0.3, -0.25) is 4.90 Å². The minimum absolute atomic E-state index is 0.0249. The summed E-state index contributed by atoms with van der Waals surface area (Å²) in [6.45, 7) is 7.00. The number of hydrogen-bond acceptors (Lipinski definition) is 7. The first kappa shape index (κ1) is 21.0. The summed E-state index contributed by atoms with van der Waals surface area (Å²) in [5.74, 6) is -0.805. The number of urea groups is 1. The number of esters is 1. The predicted molar refractivity (Wildman–Crippen MR) is 103 cm³/mol. The molecule has 0 radical (unpaired) electrons. The van der Waals surface area contributed by atoms with Crippen molar-refractivity contribution in [2.24, 2.45) is 0 Å². The zero-order chi connectivity index (χ0) is 20.9. The normalized spacial score (nSPS) is 10.8. The van der Waals surface area contributed by atoms with Gasteiger partial charge >= 0.3 is 12.0 Å². The van der Waals surface area contributed by atoms with Gasteiger partial charge < -0.3 is 4.74 Å². The van der Waals surface area contributed by atoms with Gasteiger partial charge in [-0.05, 0) is 32.0 Å². The van der Waals surface area contributed by atoms with Crippen LogP contribution in [-0.2, 0) is 14.8 Å². The molecule has 10 heteroatoms. The summed E-state index contributed by atoms with van der Waals surface area (Å²) in [5.41, 5.74) is 1.04. The summed E-state index contributed by atoms with van der Waals surface area (Å²) in [5, 5.41) is 0. The lowest BCUT2D eigenvalue weighted by Crippen LogP contribution is -2.44. The van der Waals surface area contributed by atoms with Crippen molar-refractivity contribution in [3.05, 3.63) is 59.9 Å². The van der Waals surface area contributed by atoms with Gasteiger partial charge in [0.1, 0.15) is 4.90 Å². The molecule has 0 spiro atoms. The van der Waals surface area contributed by atoms with Gasteiger partial charge in [0, 0.05) is 17.9 Å². The number of sulfonamides is 1. The van der Waals surface area contributed by atoms with Gasteiger partial charge in [-0.1, -0.05) is 18.2 Å². The number of benzene rings is 1. The first-order valence-corrected chi connectivity index (χ1v) is 9.62. The highest BCUT2D eigenvalue weighted by molar-refractivity contribution is 7.90. The Labute approximate surface area is 163 Å². The Kier molecular flexibility index (Phi) is 6.47. The molecule has 0 aliphatic rings. The van der Waals surface area contributed by atoms with E-state index in [2.05, 4.69) is 21.3 Å². The lowest BCUT2D eigenvalue weighted by atomic mass is 10.2. The second-order valence-electron chi connectivity index (χ2n) is 5.75. The van der Waals surface area contributed by atoms with E-state index in [1.54, 1.807) is 19.9 Å². The Morgan fingerprint density at radius 2 is 1.82 bits per heavy atom. The van der Waals surface area contributed by atoms with Crippen LogP contribution in [0.3, 0.4) is 0 Å². The molecule has 2 aromatic rings. The molecular weight excluding hydrogens is 384 g/mol. The maximum absolute atomic E-state index is 12.7. The third-order valence-electron chi connectivity index (χ3n) is 3.57. The third kappa shape index (κ3) is 4.71. The second-order valence-corrected chi connectivity index (χ2v) is 7.40. The fourth-order valence-electron chi connectivity index (χ4n) is 2.42. The lowest BCUT2D eigenvalue weighted by Gasteiger charge is -2.20. The summed E-state index contributed by atoms with van der Waals surface area (Å²) < 4.78 is 32.0. The molecule has 1 heterocycles. The SMILES string of the molecule is C=CCN(C(=O)NS(=O)(=O)c1ccccc1C(=O)OC)c1nc(C)cc(C)n1. The van der Waals surface area contributed by atoms with Crippen LogP contribution >= 0.6 is 0 Å². The molecule has 0 aliphatic heterocycles. The molecule has 1 N–H and O–H groups in total. The molecule has 148 valence electrons. The maximum Gasteiger partial charge on any atom is 0.339 e. The van der Waals surface area contributed by atoms with Gasteiger partial charge in [0.25, 0.3) is 10.0 Å². The number of hydrogen-bond donors (Lipinski definition) is 1. The standard InChI is InChI=1S/C18H20N4O5S/c1-5-10-22(17-19-12(2)11-13(3)20-17)18(24)21-28(25,26)15-9-7-6-8-14(15)16(23)27-4/h5-9,11H,1,10H2,2-4H3,(H,21,24). The smallest absolute Gasteiger partial charge is 0.339 e. The summed E-state index contributed by atoms with van der Waals surface area (Å²) in [7, 11) is -3.24. The van der Waals surface area contributed by atoms with Crippen molar-refractivity contribution < 1.29 is 22.7 Å². The number of ether oxygens (including phenoxy) is 1. The average Bonchev–Trinajstić information content (AvgIpc) is 2.64. The van der Waals surface area contributed by atoms with Gasteiger partial charge in [0.05, 0.1) is 12.7 Å². The maximum atomic E-state index is 12.7. The fraction of sp³-hybridized carbons (Fsp3) is 0.222. The number of nitrogens with zero attached hydrogens (tertiary/aromatic N) is 3. The number of nitrogens with one attached hydrogen (secondary N) is 1. The zero-order valence-corrected chi connectivity index (χ0v) is 16.5. The van der Waals surface area contributed by atoms with Gasteiger partial charge in [0.15, 0.2) is 0 Å². The van der Waals surface area contributed by atoms with Crippen molar-refractivity contribution in [2.45, 2.75) is 18.7 Å². The number of amides is 2. The summed E-state index contributed by atoms with van der Waals surface area (Å²) in [6.07, 6.45) is 1.41. The number of carbonyl (C=O) groups is 2. The number of anilines is 1. The van der Waals surface area contributed by atoms with E-state index in [1.165, 1.54) is 30.3 Å². The van der Waals surface area contributed by atoms with E-state index in [-0.39, 0.29) is 23.0 Å². The van der Waals surface area contributed by atoms with Crippen LogP contribution in [0.15, 0.2) is 47.9 Å². The molecule has 0 saturated carbocycles. The monoisotopic (exact) mass is 404 g/mol. The van der Waals surface area contributed by atoms with Crippen LogP contribution in [0.5, 0.6) is 0 Å². The molecular formula is C18H20N4O5S. The molecule has 0 saturated heterocycles. The van der Waals surface area contributed by atoms with Gasteiger partial charge in [-0.25, -0.2) is 32.7 Å². The van der Waals surface area contributed by atoms with Crippen LogP contribution < -0.4 is 9.62 Å². The van der Waals surface area contributed by atoms with Crippen LogP contribution in [0.1, 0.15) is 21.7 Å². The highest BCUT2D eigenvalue weighted by Crippen LogP contribution is 2.17. The average molecular weight is 404 g/mol. The molecule has 0 atom stereocenters. The van der Waals surface area contributed by atoms with E-state index < -0.39 is 22.0 Å². The first-order valence-electron chi connectivity index (χ1n) is 8.14. The Morgan fingerprint density at radius 3 is 2.39 bits per heavy atom. The van der Waals surface area contributed by atoms with Crippen LogP contribution in [0, 0.1) is 13.8 Å². The largest absolute Gasteiger partial charge is 0.465 e. The van der Waals surface area contributed by atoms with Gasteiger partial charge in [-0.2, -0.15) is 0 Å². The molecule has 0 fully saturated rings. The van der Waals surface area contributed by atoms with Crippen LogP contribution in [0.2, 0.25) is 0 Å². The van der Waals surface area contributed by atoms with Crippen molar-refractivity contribution >= 4 is 28.0 Å². The fourth-order valence-corrected chi connectivity index (χ4v) is 3.57. The number of rotatable bonds is 6. The molecule has 0 aliphatic carbocycles. The van der Waals surface area contributed by atoms with E-state index in [0.717, 1.165) is 12.0 Å². The Bertz CT molecular complexity index is 1000. The minimum Gasteiger partial charge on any atom is -0.465 e. The van der Waals surface area contributed by atoms with Crippen LogP contribution in [0.25, 0.3) is 0 Å². The highest BCUT2D eigenvalue weighted by Gasteiger charge is 2.28. The molecule has 9 nitrogen and oxygen atoms in total. The Balaban J connectivity index is 2.40. The third-order valence-corrected chi connectivity index (χ3v) is 4.95. The molecule has 2 amide bonds. The molecule has 0 unspecified atom stereocenters. The number of methoxy groups -OCH3 is 1. The Hall–Kier alpha value is -3.27. The Morgan fingerprint density at radius 1 is 1.21 bits per heavy atom. The van der Waals surface area contributed by atoms with E-state index in [1.807, 2.05) is 4.72 Å². The van der Waals surface area contributed by atoms with E-state index >= 15 is 0 Å². The minimum atomic E-state index is -4.37. The van der Waals surface area contributed by atoms with Crippen molar-refractivity contribution in [3.8, 4) is 0 Å². The second kappa shape index (κ2) is 8.61. The van der Waals surface area contributed by atoms with Gasteiger partial charge in [-0.15, -0.1) is 6.58 Å². The molecule has 1 aromatic heterocycles. The van der Waals surface area contributed by atoms with Crippen molar-refractivity contribution in [2.75, 3.05) is 18.6 Å². The van der Waals surface area contributed by atoms with Crippen LogP contribution in [-0.4, -0.2) is 44.0 Å². The molecule has 1 aromatic carbocycles. The quantitative estimate of drug-likeness (QED) is 0.577. The van der Waals surface area contributed by atoms with Crippen LogP contribution in [0.4, 0.5) is 10.7 Å². The number of aromatic nitrogens is 2.